The molecule has 0 aliphatic carbocycles. The summed E-state index contributed by atoms with van der Waals surface area (Å²) in [4.78, 5) is 12.4. The maximum atomic E-state index is 12.4. The Morgan fingerprint density at radius 1 is 1.05 bits per heavy atom. The van der Waals surface area contributed by atoms with E-state index in [1.165, 1.54) is 5.56 Å². The molecule has 20 heavy (non-hydrogen) atoms. The molecule has 0 saturated carbocycles. The standard InChI is InChI=1S/C18H20O2/c1-4-5-14-7-10-15(11-8-14)18(19)16-9-6-13(2)17(12-16)20-3/h6-12H,4-5H2,1-3H3. The largest absolute Gasteiger partial charge is 0.496 e. The van der Waals surface area contributed by atoms with Gasteiger partial charge in [-0.3, -0.25) is 4.79 Å². The van der Waals surface area contributed by atoms with E-state index >= 15 is 0 Å². The molecule has 0 bridgehead atoms. The molecule has 0 fully saturated rings. The van der Waals surface area contributed by atoms with Crippen LogP contribution in [-0.2, 0) is 6.42 Å². The fourth-order valence-electron chi connectivity index (χ4n) is 2.24. The summed E-state index contributed by atoms with van der Waals surface area (Å²) in [5, 5.41) is 0. The molecule has 2 aromatic carbocycles. The molecular weight excluding hydrogens is 248 g/mol. The second kappa shape index (κ2) is 6.38. The van der Waals surface area contributed by atoms with Crippen LogP contribution in [0.5, 0.6) is 5.75 Å². The van der Waals surface area contributed by atoms with Crippen LogP contribution in [0.2, 0.25) is 0 Å². The summed E-state index contributed by atoms with van der Waals surface area (Å²) in [6, 6.07) is 13.4. The number of benzene rings is 2. The van der Waals surface area contributed by atoms with Crippen molar-refractivity contribution in [2.24, 2.45) is 0 Å². The molecule has 104 valence electrons. The summed E-state index contributed by atoms with van der Waals surface area (Å²) in [5.41, 5.74) is 3.68. The van der Waals surface area contributed by atoms with E-state index in [1.807, 2.05) is 43.3 Å². The molecule has 2 nitrogen and oxygen atoms in total. The van der Waals surface area contributed by atoms with Gasteiger partial charge in [0.1, 0.15) is 5.75 Å². The third-order valence-corrected chi connectivity index (χ3v) is 3.43. The number of aryl methyl sites for hydroxylation is 2. The van der Waals surface area contributed by atoms with Crippen molar-refractivity contribution < 1.29 is 9.53 Å². The molecule has 0 N–H and O–H groups in total. The van der Waals surface area contributed by atoms with Crippen molar-refractivity contribution in [2.75, 3.05) is 7.11 Å². The monoisotopic (exact) mass is 268 g/mol. The van der Waals surface area contributed by atoms with Gasteiger partial charge < -0.3 is 4.74 Å². The second-order valence-electron chi connectivity index (χ2n) is 4.96. The first-order valence-electron chi connectivity index (χ1n) is 6.94. The lowest BCUT2D eigenvalue weighted by molar-refractivity contribution is 0.103. The molecule has 0 heterocycles. The van der Waals surface area contributed by atoms with E-state index in [4.69, 9.17) is 4.74 Å². The minimum Gasteiger partial charge on any atom is -0.496 e. The van der Waals surface area contributed by atoms with Crippen LogP contribution >= 0.6 is 0 Å². The molecule has 0 saturated heterocycles. The average molecular weight is 268 g/mol. The Labute approximate surface area is 120 Å². The van der Waals surface area contributed by atoms with Gasteiger partial charge in [-0.15, -0.1) is 0 Å². The predicted molar refractivity (Wildman–Crippen MR) is 81.6 cm³/mol. The first-order chi connectivity index (χ1) is 9.65. The van der Waals surface area contributed by atoms with Crippen molar-refractivity contribution in [1.82, 2.24) is 0 Å². The van der Waals surface area contributed by atoms with Crippen molar-refractivity contribution in [1.29, 1.82) is 0 Å². The van der Waals surface area contributed by atoms with Crippen molar-refractivity contribution in [2.45, 2.75) is 26.7 Å². The number of hydrogen-bond acceptors (Lipinski definition) is 2. The number of carbonyl (C=O) groups is 1. The van der Waals surface area contributed by atoms with Gasteiger partial charge in [0, 0.05) is 11.1 Å². The molecule has 0 atom stereocenters. The number of carbonyl (C=O) groups excluding carboxylic acids is 1. The Bertz CT molecular complexity index is 597. The summed E-state index contributed by atoms with van der Waals surface area (Å²) < 4.78 is 5.27. The number of ether oxygens (including phenoxy) is 1. The molecule has 2 aromatic rings. The van der Waals surface area contributed by atoms with Gasteiger partial charge in [-0.1, -0.05) is 49.7 Å². The van der Waals surface area contributed by atoms with Gasteiger partial charge in [0.05, 0.1) is 7.11 Å². The van der Waals surface area contributed by atoms with Crippen LogP contribution in [0, 0.1) is 6.92 Å². The lowest BCUT2D eigenvalue weighted by Gasteiger charge is -2.07. The van der Waals surface area contributed by atoms with Gasteiger partial charge in [0.15, 0.2) is 5.78 Å². The summed E-state index contributed by atoms with van der Waals surface area (Å²) in [6.45, 7) is 4.12. The van der Waals surface area contributed by atoms with Crippen LogP contribution in [0.15, 0.2) is 42.5 Å². The van der Waals surface area contributed by atoms with Crippen molar-refractivity contribution in [3.63, 3.8) is 0 Å². The van der Waals surface area contributed by atoms with Gasteiger partial charge in [-0.05, 0) is 30.5 Å². The molecule has 0 unspecified atom stereocenters. The van der Waals surface area contributed by atoms with Crippen molar-refractivity contribution >= 4 is 5.78 Å². The summed E-state index contributed by atoms with van der Waals surface area (Å²) in [5.74, 6) is 0.782. The second-order valence-corrected chi connectivity index (χ2v) is 4.96. The molecule has 0 amide bonds. The summed E-state index contributed by atoms with van der Waals surface area (Å²) in [7, 11) is 1.62. The molecule has 2 heteroatoms. The third-order valence-electron chi connectivity index (χ3n) is 3.43. The molecule has 0 aromatic heterocycles. The topological polar surface area (TPSA) is 26.3 Å². The zero-order chi connectivity index (χ0) is 14.5. The van der Waals surface area contributed by atoms with E-state index in [-0.39, 0.29) is 5.78 Å². The highest BCUT2D eigenvalue weighted by Gasteiger charge is 2.11. The van der Waals surface area contributed by atoms with Gasteiger partial charge in [0.25, 0.3) is 0 Å². The van der Waals surface area contributed by atoms with E-state index in [9.17, 15) is 4.79 Å². The van der Waals surface area contributed by atoms with Gasteiger partial charge >= 0.3 is 0 Å². The Balaban J connectivity index is 2.26. The van der Waals surface area contributed by atoms with Gasteiger partial charge in [-0.2, -0.15) is 0 Å². The van der Waals surface area contributed by atoms with Crippen LogP contribution in [0.1, 0.15) is 40.4 Å². The zero-order valence-corrected chi connectivity index (χ0v) is 12.3. The Hall–Kier alpha value is -2.09. The molecular formula is C18H20O2. The minimum atomic E-state index is 0.0337. The molecule has 0 spiro atoms. The highest BCUT2D eigenvalue weighted by Crippen LogP contribution is 2.21. The van der Waals surface area contributed by atoms with Gasteiger partial charge in [0.2, 0.25) is 0 Å². The van der Waals surface area contributed by atoms with Crippen LogP contribution < -0.4 is 4.74 Å². The number of methoxy groups -OCH3 is 1. The quantitative estimate of drug-likeness (QED) is 0.760. The molecule has 0 radical (unpaired) electrons. The first-order valence-corrected chi connectivity index (χ1v) is 6.94. The van der Waals surface area contributed by atoms with Crippen LogP contribution in [0.3, 0.4) is 0 Å². The van der Waals surface area contributed by atoms with Crippen LogP contribution in [0.4, 0.5) is 0 Å². The smallest absolute Gasteiger partial charge is 0.193 e. The highest BCUT2D eigenvalue weighted by molar-refractivity contribution is 6.09. The Morgan fingerprint density at radius 2 is 1.70 bits per heavy atom. The van der Waals surface area contributed by atoms with Gasteiger partial charge in [-0.25, -0.2) is 0 Å². The maximum Gasteiger partial charge on any atom is 0.193 e. The Kier molecular flexibility index (Phi) is 4.57. The van der Waals surface area contributed by atoms with E-state index in [0.29, 0.717) is 5.56 Å². The number of rotatable bonds is 5. The van der Waals surface area contributed by atoms with E-state index in [2.05, 4.69) is 6.92 Å². The Morgan fingerprint density at radius 3 is 2.30 bits per heavy atom. The van der Waals surface area contributed by atoms with E-state index in [1.54, 1.807) is 13.2 Å². The minimum absolute atomic E-state index is 0.0337. The van der Waals surface area contributed by atoms with Crippen molar-refractivity contribution in [3.8, 4) is 5.75 Å². The van der Waals surface area contributed by atoms with E-state index in [0.717, 1.165) is 29.7 Å². The zero-order valence-electron chi connectivity index (χ0n) is 12.3. The lowest BCUT2D eigenvalue weighted by Crippen LogP contribution is -2.02. The molecule has 0 aliphatic heterocycles. The highest BCUT2D eigenvalue weighted by atomic mass is 16.5. The van der Waals surface area contributed by atoms with E-state index < -0.39 is 0 Å². The van der Waals surface area contributed by atoms with Crippen LogP contribution in [0.25, 0.3) is 0 Å². The molecule has 0 aliphatic rings. The summed E-state index contributed by atoms with van der Waals surface area (Å²) >= 11 is 0. The number of ketones is 1. The SMILES string of the molecule is CCCc1ccc(C(=O)c2ccc(C)c(OC)c2)cc1. The maximum absolute atomic E-state index is 12.4. The van der Waals surface area contributed by atoms with Crippen molar-refractivity contribution in [3.05, 3.63) is 64.7 Å². The lowest BCUT2D eigenvalue weighted by atomic mass is 10.00. The number of hydrogen-bond donors (Lipinski definition) is 0. The normalized spacial score (nSPS) is 10.3. The first kappa shape index (κ1) is 14.3. The molecule has 2 rings (SSSR count). The predicted octanol–water partition coefficient (Wildman–Crippen LogP) is 4.19. The fourth-order valence-corrected chi connectivity index (χ4v) is 2.24. The summed E-state index contributed by atoms with van der Waals surface area (Å²) in [6.07, 6.45) is 2.16. The average Bonchev–Trinajstić information content (AvgIpc) is 2.48. The third kappa shape index (κ3) is 3.08. The fraction of sp³-hybridized carbons (Fsp3) is 0.278. The van der Waals surface area contributed by atoms with Crippen LogP contribution in [-0.4, -0.2) is 12.9 Å².